The largest absolute Gasteiger partial charge is 0.459 e. The van der Waals surface area contributed by atoms with Crippen LogP contribution < -0.4 is 16.0 Å². The number of benzene rings is 1. The van der Waals surface area contributed by atoms with Gasteiger partial charge in [0.15, 0.2) is 0 Å². The third kappa shape index (κ3) is 2.44. The smallest absolute Gasteiger partial charge is 0.315 e. The van der Waals surface area contributed by atoms with Crippen molar-refractivity contribution in [1.29, 1.82) is 0 Å². The van der Waals surface area contributed by atoms with Crippen LogP contribution in [0.3, 0.4) is 0 Å². The molecule has 110 valence electrons. The van der Waals surface area contributed by atoms with E-state index in [1.165, 1.54) is 0 Å². The number of furan rings is 1. The van der Waals surface area contributed by atoms with Crippen molar-refractivity contribution >= 4 is 22.9 Å². The number of rotatable bonds is 3. The Bertz CT molecular complexity index is 707. The zero-order valence-corrected chi connectivity index (χ0v) is 11.9. The molecule has 0 radical (unpaired) electrons. The summed E-state index contributed by atoms with van der Waals surface area (Å²) in [6.07, 6.45) is 0. The summed E-state index contributed by atoms with van der Waals surface area (Å²) in [5, 5.41) is 9.04. The van der Waals surface area contributed by atoms with E-state index >= 15 is 0 Å². The van der Waals surface area contributed by atoms with Gasteiger partial charge in [-0.05, 0) is 19.9 Å². The molecule has 0 spiro atoms. The predicted molar refractivity (Wildman–Crippen MR) is 77.8 cm³/mol. The van der Waals surface area contributed by atoms with Gasteiger partial charge in [0.25, 0.3) is 0 Å². The van der Waals surface area contributed by atoms with Gasteiger partial charge in [0.05, 0.1) is 6.04 Å². The molecule has 2 atom stereocenters. The molecular formula is C15H17N3O3. The van der Waals surface area contributed by atoms with Crippen LogP contribution in [0.4, 0.5) is 4.79 Å². The molecule has 3 rings (SSSR count). The van der Waals surface area contributed by atoms with Crippen molar-refractivity contribution < 1.29 is 14.0 Å². The lowest BCUT2D eigenvalue weighted by Crippen LogP contribution is -2.43. The van der Waals surface area contributed by atoms with E-state index in [0.29, 0.717) is 6.54 Å². The van der Waals surface area contributed by atoms with Crippen LogP contribution in [0.25, 0.3) is 11.0 Å². The van der Waals surface area contributed by atoms with Crippen molar-refractivity contribution in [3.8, 4) is 0 Å². The van der Waals surface area contributed by atoms with Gasteiger partial charge in [-0.2, -0.15) is 0 Å². The second-order valence-corrected chi connectivity index (χ2v) is 5.22. The fraction of sp³-hybridized carbons (Fsp3) is 0.333. The predicted octanol–water partition coefficient (Wildman–Crippen LogP) is 1.60. The highest BCUT2D eigenvalue weighted by Gasteiger charge is 2.28. The van der Waals surface area contributed by atoms with Gasteiger partial charge in [0.2, 0.25) is 5.91 Å². The first-order valence-corrected chi connectivity index (χ1v) is 6.89. The van der Waals surface area contributed by atoms with Gasteiger partial charge in [0.1, 0.15) is 17.4 Å². The zero-order valence-electron chi connectivity index (χ0n) is 11.9. The Morgan fingerprint density at radius 2 is 2.19 bits per heavy atom. The molecule has 6 heteroatoms. The maximum Gasteiger partial charge on any atom is 0.315 e. The second-order valence-electron chi connectivity index (χ2n) is 5.22. The van der Waals surface area contributed by atoms with Crippen LogP contribution in [0.5, 0.6) is 0 Å². The third-order valence-corrected chi connectivity index (χ3v) is 3.72. The molecule has 2 heterocycles. The average Bonchev–Trinajstić information content (AvgIpc) is 3.04. The Morgan fingerprint density at radius 1 is 1.43 bits per heavy atom. The van der Waals surface area contributed by atoms with Crippen LogP contribution in [0, 0.1) is 6.92 Å². The Kier molecular flexibility index (Phi) is 3.29. The van der Waals surface area contributed by atoms with E-state index < -0.39 is 6.04 Å². The van der Waals surface area contributed by atoms with E-state index in [0.717, 1.165) is 22.3 Å². The minimum atomic E-state index is -0.537. The molecule has 0 saturated carbocycles. The number of fused-ring (bicyclic) bond motifs is 1. The normalized spacial score (nSPS) is 19.1. The lowest BCUT2D eigenvalue weighted by molar-refractivity contribution is -0.123. The van der Waals surface area contributed by atoms with Crippen LogP contribution in [-0.4, -0.2) is 24.5 Å². The molecule has 1 aromatic heterocycles. The summed E-state index contributed by atoms with van der Waals surface area (Å²) < 4.78 is 5.83. The quantitative estimate of drug-likeness (QED) is 0.801. The fourth-order valence-corrected chi connectivity index (χ4v) is 2.60. The minimum absolute atomic E-state index is 0.222. The van der Waals surface area contributed by atoms with Crippen LogP contribution in [0.1, 0.15) is 24.3 Å². The fourth-order valence-electron chi connectivity index (χ4n) is 2.60. The number of aryl methyl sites for hydroxylation is 1. The highest BCUT2D eigenvalue weighted by atomic mass is 16.3. The Labute approximate surface area is 121 Å². The standard InChI is InChI=1S/C15H17N3O3/c1-8-10-5-3-4-6-12(10)21-13(8)9(2)17-14(19)11-7-16-15(20)18-11/h3-6,9,11H,7H2,1-2H3,(H,17,19)(H2,16,18,20). The van der Waals surface area contributed by atoms with E-state index in [-0.39, 0.29) is 18.0 Å². The molecule has 0 aliphatic carbocycles. The van der Waals surface area contributed by atoms with Gasteiger partial charge in [0, 0.05) is 17.5 Å². The van der Waals surface area contributed by atoms with Crippen LogP contribution in [0.2, 0.25) is 0 Å². The SMILES string of the molecule is Cc1c(C(C)NC(=O)C2CNC(=O)N2)oc2ccccc12. The van der Waals surface area contributed by atoms with Gasteiger partial charge < -0.3 is 20.4 Å². The average molecular weight is 287 g/mol. The van der Waals surface area contributed by atoms with E-state index in [1.807, 2.05) is 38.1 Å². The molecule has 1 fully saturated rings. The van der Waals surface area contributed by atoms with Crippen molar-refractivity contribution in [2.24, 2.45) is 0 Å². The van der Waals surface area contributed by atoms with Crippen molar-refractivity contribution in [2.45, 2.75) is 25.9 Å². The molecule has 2 aromatic rings. The number of para-hydroxylation sites is 1. The molecule has 1 aliphatic rings. The summed E-state index contributed by atoms with van der Waals surface area (Å²) in [7, 11) is 0. The lowest BCUT2D eigenvalue weighted by atomic mass is 10.1. The molecular weight excluding hydrogens is 270 g/mol. The van der Waals surface area contributed by atoms with Crippen molar-refractivity contribution in [2.75, 3.05) is 6.54 Å². The van der Waals surface area contributed by atoms with E-state index in [4.69, 9.17) is 4.42 Å². The van der Waals surface area contributed by atoms with E-state index in [9.17, 15) is 9.59 Å². The van der Waals surface area contributed by atoms with Gasteiger partial charge in [-0.1, -0.05) is 18.2 Å². The number of hydrogen-bond acceptors (Lipinski definition) is 3. The first kappa shape index (κ1) is 13.5. The van der Waals surface area contributed by atoms with Gasteiger partial charge in [-0.15, -0.1) is 0 Å². The summed E-state index contributed by atoms with van der Waals surface area (Å²) in [5.74, 6) is 0.516. The summed E-state index contributed by atoms with van der Waals surface area (Å²) in [5.41, 5.74) is 1.83. The molecule has 2 unspecified atom stereocenters. The van der Waals surface area contributed by atoms with Crippen LogP contribution in [-0.2, 0) is 4.79 Å². The molecule has 21 heavy (non-hydrogen) atoms. The zero-order chi connectivity index (χ0) is 15.0. The van der Waals surface area contributed by atoms with Crippen molar-refractivity contribution in [3.63, 3.8) is 0 Å². The molecule has 0 bridgehead atoms. The number of hydrogen-bond donors (Lipinski definition) is 3. The number of nitrogens with one attached hydrogen (secondary N) is 3. The Balaban J connectivity index is 1.77. The Hall–Kier alpha value is -2.50. The second kappa shape index (κ2) is 5.12. The van der Waals surface area contributed by atoms with Crippen LogP contribution >= 0.6 is 0 Å². The first-order chi connectivity index (χ1) is 10.1. The topological polar surface area (TPSA) is 83.4 Å². The van der Waals surface area contributed by atoms with Crippen molar-refractivity contribution in [1.82, 2.24) is 16.0 Å². The number of urea groups is 1. The van der Waals surface area contributed by atoms with E-state index in [2.05, 4.69) is 16.0 Å². The molecule has 3 N–H and O–H groups in total. The van der Waals surface area contributed by atoms with Crippen LogP contribution in [0.15, 0.2) is 28.7 Å². The number of amides is 3. The maximum atomic E-state index is 12.1. The first-order valence-electron chi connectivity index (χ1n) is 6.89. The van der Waals surface area contributed by atoms with Gasteiger partial charge in [-0.25, -0.2) is 4.79 Å². The molecule has 6 nitrogen and oxygen atoms in total. The summed E-state index contributed by atoms with van der Waals surface area (Å²) in [4.78, 5) is 23.2. The molecule has 1 saturated heterocycles. The Morgan fingerprint density at radius 3 is 2.86 bits per heavy atom. The monoisotopic (exact) mass is 287 g/mol. The summed E-state index contributed by atoms with van der Waals surface area (Å²) in [6.45, 7) is 4.14. The number of carbonyl (C=O) groups excluding carboxylic acids is 2. The van der Waals surface area contributed by atoms with E-state index in [1.54, 1.807) is 0 Å². The van der Waals surface area contributed by atoms with Crippen molar-refractivity contribution in [3.05, 3.63) is 35.6 Å². The molecule has 3 amide bonds. The highest BCUT2D eigenvalue weighted by molar-refractivity contribution is 5.90. The molecule has 1 aliphatic heterocycles. The summed E-state index contributed by atoms with van der Waals surface area (Å²) >= 11 is 0. The maximum absolute atomic E-state index is 12.1. The number of carbonyl (C=O) groups is 2. The van der Waals surface area contributed by atoms with Gasteiger partial charge in [-0.3, -0.25) is 4.79 Å². The minimum Gasteiger partial charge on any atom is -0.459 e. The lowest BCUT2D eigenvalue weighted by Gasteiger charge is -2.15. The third-order valence-electron chi connectivity index (χ3n) is 3.72. The molecule has 1 aromatic carbocycles. The van der Waals surface area contributed by atoms with Gasteiger partial charge >= 0.3 is 6.03 Å². The highest BCUT2D eigenvalue weighted by Crippen LogP contribution is 2.29. The summed E-state index contributed by atoms with van der Waals surface area (Å²) in [6, 6.07) is 6.65.